The number of aromatic nitrogens is 3. The second-order valence-electron chi connectivity index (χ2n) is 17.0. The Labute approximate surface area is 394 Å². The Kier molecular flexibility index (Phi) is 9.87. The van der Waals surface area contributed by atoms with Gasteiger partial charge in [0.2, 0.25) is 0 Å². The lowest BCUT2D eigenvalue weighted by Crippen LogP contribution is -2.00. The topological polar surface area (TPSA) is 86.2 Å². The van der Waals surface area contributed by atoms with E-state index in [0.29, 0.717) is 28.6 Å². The molecule has 0 atom stereocenters. The van der Waals surface area contributed by atoms with Gasteiger partial charge >= 0.3 is 0 Å². The van der Waals surface area contributed by atoms with Crippen LogP contribution < -0.4 is 0 Å². The zero-order chi connectivity index (χ0) is 45.6. The van der Waals surface area contributed by atoms with Crippen LogP contribution in [0.4, 0.5) is 0 Å². The summed E-state index contributed by atoms with van der Waals surface area (Å²) in [6.07, 6.45) is 0. The summed E-state index contributed by atoms with van der Waals surface area (Å²) in [7, 11) is 0. The fraction of sp³-hybridized carbons (Fsp3) is 0. The standard InChI is InChI=1S/C63H37N5/c64-38-40-22-24-41(25-23-40)46-13-7-17-51(35-46)62-66-61(45-10-2-1-3-11-45)67-63(68-62)52-18-8-15-48(36-52)47-14-6-16-50(34-47)54-32-31-49(37-53(54)39-65)42-26-28-43(29-27-42)55-33-30-44-12-9-21-57-56-19-4-5-20-58(56)60(55)59(44)57/h1-37H. The fourth-order valence-corrected chi connectivity index (χ4v) is 9.60. The van der Waals surface area contributed by atoms with Gasteiger partial charge in [-0.3, -0.25) is 0 Å². The van der Waals surface area contributed by atoms with Gasteiger partial charge in [-0.1, -0.05) is 188 Å². The molecule has 0 saturated heterocycles. The van der Waals surface area contributed by atoms with Crippen LogP contribution in [0.25, 0.3) is 123 Å². The highest BCUT2D eigenvalue weighted by Gasteiger charge is 2.24. The Morgan fingerprint density at radius 1 is 0.279 bits per heavy atom. The van der Waals surface area contributed by atoms with E-state index in [1.54, 1.807) is 0 Å². The number of nitrogens with zero attached hydrogens (tertiary/aromatic N) is 5. The van der Waals surface area contributed by atoms with Crippen LogP contribution in [0.5, 0.6) is 0 Å². The van der Waals surface area contributed by atoms with E-state index in [1.807, 2.05) is 97.1 Å². The average molecular weight is 864 g/mol. The predicted octanol–water partition coefficient (Wildman–Crippen LogP) is 15.8. The second-order valence-corrected chi connectivity index (χ2v) is 17.0. The van der Waals surface area contributed by atoms with Crippen LogP contribution in [0, 0.1) is 22.7 Å². The average Bonchev–Trinajstić information content (AvgIpc) is 3.76. The molecule has 5 heteroatoms. The molecule has 12 rings (SSSR count). The molecule has 0 saturated carbocycles. The summed E-state index contributed by atoms with van der Waals surface area (Å²) < 4.78 is 0. The molecule has 0 amide bonds. The first-order valence-electron chi connectivity index (χ1n) is 22.5. The summed E-state index contributed by atoms with van der Waals surface area (Å²) >= 11 is 0. The SMILES string of the molecule is N#Cc1ccc(-c2cccc(-c3nc(-c4ccccc4)nc(-c4cccc(-c5cccc(-c6ccc(-c7ccc(-c8ccc9cccc%10c9c8-c8ccccc8-%10)cc7)cc6C#N)c5)c4)n3)c2)cc1. The van der Waals surface area contributed by atoms with Gasteiger partial charge in [-0.25, -0.2) is 15.0 Å². The maximum absolute atomic E-state index is 10.5. The smallest absolute Gasteiger partial charge is 0.164 e. The van der Waals surface area contributed by atoms with Crippen molar-refractivity contribution in [3.05, 3.63) is 236 Å². The lowest BCUT2D eigenvalue weighted by atomic mass is 9.91. The van der Waals surface area contributed by atoms with Crippen molar-refractivity contribution in [1.29, 1.82) is 10.5 Å². The molecule has 68 heavy (non-hydrogen) atoms. The quantitative estimate of drug-likeness (QED) is 0.152. The highest BCUT2D eigenvalue weighted by Crippen LogP contribution is 2.51. The molecule has 0 aliphatic heterocycles. The maximum Gasteiger partial charge on any atom is 0.164 e. The summed E-state index contributed by atoms with van der Waals surface area (Å²) in [6.45, 7) is 0. The van der Waals surface area contributed by atoms with Gasteiger partial charge in [-0.2, -0.15) is 10.5 Å². The molecule has 0 unspecified atom stereocenters. The third-order valence-corrected chi connectivity index (χ3v) is 13.0. The molecule has 0 radical (unpaired) electrons. The van der Waals surface area contributed by atoms with Gasteiger partial charge in [0.15, 0.2) is 17.5 Å². The summed E-state index contributed by atoms with van der Waals surface area (Å²) in [5.74, 6) is 1.69. The second kappa shape index (κ2) is 16.8. The van der Waals surface area contributed by atoms with Crippen LogP contribution in [0.2, 0.25) is 0 Å². The first-order valence-corrected chi connectivity index (χ1v) is 22.5. The first-order chi connectivity index (χ1) is 33.6. The molecular formula is C63H37N5. The van der Waals surface area contributed by atoms with Gasteiger partial charge in [0.05, 0.1) is 23.3 Å². The molecule has 1 aromatic heterocycles. The van der Waals surface area contributed by atoms with Crippen LogP contribution in [0.15, 0.2) is 224 Å². The summed E-state index contributed by atoms with van der Waals surface area (Å²) in [6, 6.07) is 81.6. The Morgan fingerprint density at radius 3 is 1.41 bits per heavy atom. The molecule has 314 valence electrons. The molecular weight excluding hydrogens is 827 g/mol. The lowest BCUT2D eigenvalue weighted by Gasteiger charge is -2.13. The minimum Gasteiger partial charge on any atom is -0.208 e. The maximum atomic E-state index is 10.5. The van der Waals surface area contributed by atoms with Crippen molar-refractivity contribution < 1.29 is 0 Å². The molecule has 5 nitrogen and oxygen atoms in total. The third-order valence-electron chi connectivity index (χ3n) is 13.0. The van der Waals surface area contributed by atoms with Gasteiger partial charge in [-0.15, -0.1) is 0 Å². The van der Waals surface area contributed by atoms with E-state index >= 15 is 0 Å². The van der Waals surface area contributed by atoms with E-state index < -0.39 is 0 Å². The van der Waals surface area contributed by atoms with Gasteiger partial charge < -0.3 is 0 Å². The molecule has 0 fully saturated rings. The van der Waals surface area contributed by atoms with Crippen molar-refractivity contribution in [2.45, 2.75) is 0 Å². The van der Waals surface area contributed by atoms with E-state index in [4.69, 9.17) is 15.0 Å². The number of nitriles is 2. The van der Waals surface area contributed by atoms with Crippen LogP contribution in [0.3, 0.4) is 0 Å². The van der Waals surface area contributed by atoms with Gasteiger partial charge in [0.1, 0.15) is 0 Å². The molecule has 0 N–H and O–H groups in total. The zero-order valence-electron chi connectivity index (χ0n) is 36.6. The Hall–Kier alpha value is -9.55. The van der Waals surface area contributed by atoms with E-state index in [9.17, 15) is 10.5 Å². The Morgan fingerprint density at radius 2 is 0.750 bits per heavy atom. The minimum absolute atomic E-state index is 0.557. The Balaban J connectivity index is 0.852. The minimum atomic E-state index is 0.557. The number of hydrogen-bond donors (Lipinski definition) is 0. The van der Waals surface area contributed by atoms with Crippen LogP contribution >= 0.6 is 0 Å². The summed E-state index contributed by atoms with van der Waals surface area (Å²) in [5.41, 5.74) is 19.2. The van der Waals surface area contributed by atoms with Gasteiger partial charge in [0.25, 0.3) is 0 Å². The molecule has 10 aromatic carbocycles. The van der Waals surface area contributed by atoms with Crippen molar-refractivity contribution in [3.63, 3.8) is 0 Å². The van der Waals surface area contributed by atoms with Crippen molar-refractivity contribution in [1.82, 2.24) is 15.0 Å². The third kappa shape index (κ3) is 7.18. The van der Waals surface area contributed by atoms with Crippen molar-refractivity contribution in [2.24, 2.45) is 0 Å². The number of rotatable bonds is 8. The normalized spacial score (nSPS) is 11.2. The van der Waals surface area contributed by atoms with Crippen molar-refractivity contribution >= 4 is 10.8 Å². The zero-order valence-corrected chi connectivity index (χ0v) is 36.6. The summed E-state index contributed by atoms with van der Waals surface area (Å²) in [5, 5.41) is 22.4. The first kappa shape index (κ1) is 40.0. The molecule has 11 aromatic rings. The highest BCUT2D eigenvalue weighted by atomic mass is 15.0. The highest BCUT2D eigenvalue weighted by molar-refractivity contribution is 6.19. The van der Waals surface area contributed by atoms with Gasteiger partial charge in [-0.05, 0) is 125 Å². The number of fused-ring (bicyclic) bond motifs is 3. The molecule has 1 heterocycles. The lowest BCUT2D eigenvalue weighted by molar-refractivity contribution is 1.07. The van der Waals surface area contributed by atoms with Crippen molar-refractivity contribution in [3.8, 4) is 124 Å². The predicted molar refractivity (Wildman–Crippen MR) is 275 cm³/mol. The fourth-order valence-electron chi connectivity index (χ4n) is 9.60. The molecule has 0 bridgehead atoms. The van der Waals surface area contributed by atoms with E-state index in [2.05, 4.69) is 140 Å². The summed E-state index contributed by atoms with van der Waals surface area (Å²) in [4.78, 5) is 15.1. The van der Waals surface area contributed by atoms with E-state index in [-0.39, 0.29) is 0 Å². The van der Waals surface area contributed by atoms with E-state index in [1.165, 1.54) is 38.6 Å². The van der Waals surface area contributed by atoms with E-state index in [0.717, 1.165) is 66.8 Å². The Bertz CT molecular complexity index is 3860. The number of hydrogen-bond acceptors (Lipinski definition) is 5. The molecule has 1 aliphatic rings. The largest absolute Gasteiger partial charge is 0.208 e. The van der Waals surface area contributed by atoms with Crippen molar-refractivity contribution in [2.75, 3.05) is 0 Å². The van der Waals surface area contributed by atoms with Crippen LogP contribution in [0.1, 0.15) is 11.1 Å². The van der Waals surface area contributed by atoms with Crippen LogP contribution in [-0.4, -0.2) is 15.0 Å². The monoisotopic (exact) mass is 863 g/mol. The molecule has 0 spiro atoms. The molecule has 1 aliphatic carbocycles. The van der Waals surface area contributed by atoms with Crippen LogP contribution in [-0.2, 0) is 0 Å². The van der Waals surface area contributed by atoms with Gasteiger partial charge in [0, 0.05) is 16.7 Å². The number of benzene rings is 10.